The third kappa shape index (κ3) is 13.7. The molecule has 2 aromatic carbocycles. The van der Waals surface area contributed by atoms with Crippen LogP contribution < -0.4 is 16.4 Å². The van der Waals surface area contributed by atoms with Crippen LogP contribution in [0.15, 0.2) is 65.7 Å². The van der Waals surface area contributed by atoms with Gasteiger partial charge in [0.1, 0.15) is 21.2 Å². The van der Waals surface area contributed by atoms with E-state index in [9.17, 15) is 0 Å². The maximum atomic E-state index is 5.95. The summed E-state index contributed by atoms with van der Waals surface area (Å²) in [5.74, 6) is 0.557. The molecule has 0 amide bonds. The second-order valence-corrected chi connectivity index (χ2v) is 9.72. The van der Waals surface area contributed by atoms with Crippen LogP contribution in [0.5, 0.6) is 0 Å². The summed E-state index contributed by atoms with van der Waals surface area (Å²) < 4.78 is 1.71. The van der Waals surface area contributed by atoms with Crippen molar-refractivity contribution in [2.24, 2.45) is 10.7 Å². The van der Waals surface area contributed by atoms with E-state index in [1.807, 2.05) is 118 Å². The Labute approximate surface area is 283 Å². The van der Waals surface area contributed by atoms with E-state index in [4.69, 9.17) is 42.4 Å². The number of rotatable bonds is 4. The van der Waals surface area contributed by atoms with E-state index >= 15 is 0 Å². The van der Waals surface area contributed by atoms with Crippen molar-refractivity contribution in [3.8, 4) is 0 Å². The van der Waals surface area contributed by atoms with Crippen molar-refractivity contribution < 1.29 is 0 Å². The normalized spacial score (nSPS) is 18.7. The number of nitrogens with one attached hydrogen (secondary N) is 2. The number of aliphatic imine (C=N–C) groups is 1. The van der Waals surface area contributed by atoms with Crippen LogP contribution in [0.1, 0.15) is 107 Å². The highest BCUT2D eigenvalue weighted by atomic mass is 32.2. The van der Waals surface area contributed by atoms with Crippen molar-refractivity contribution in [3.63, 3.8) is 0 Å². The van der Waals surface area contributed by atoms with E-state index in [0.29, 0.717) is 10.9 Å². The lowest BCUT2D eigenvalue weighted by molar-refractivity contribution is 0.528. The van der Waals surface area contributed by atoms with Crippen LogP contribution in [0, 0.1) is 0 Å². The number of nitrogens with two attached hydrogens (primary N) is 1. The molecule has 0 saturated carbocycles. The van der Waals surface area contributed by atoms with Crippen LogP contribution in [0.4, 0.5) is 0 Å². The third-order valence-electron chi connectivity index (χ3n) is 5.42. The van der Waals surface area contributed by atoms with E-state index in [0.717, 1.165) is 26.9 Å². The van der Waals surface area contributed by atoms with E-state index in [-0.39, 0.29) is 22.4 Å². The zero-order chi connectivity index (χ0) is 31.8. The lowest BCUT2D eigenvalue weighted by Crippen LogP contribution is -2.48. The molecule has 2 atom stereocenters. The summed E-state index contributed by atoms with van der Waals surface area (Å²) in [6, 6.07) is 20.3. The molecule has 2 aromatic rings. The van der Waals surface area contributed by atoms with Crippen molar-refractivity contribution in [3.05, 3.63) is 71.8 Å². The number of nitrogens with zero attached hydrogens (tertiary/aromatic N) is 1. The lowest BCUT2D eigenvalue weighted by atomic mass is 9.87. The van der Waals surface area contributed by atoms with Gasteiger partial charge in [0.25, 0.3) is 0 Å². The molecule has 2 aliphatic heterocycles. The second-order valence-electron chi connectivity index (χ2n) is 6.98. The summed E-state index contributed by atoms with van der Waals surface area (Å²) >= 11 is 17.1. The van der Waals surface area contributed by atoms with E-state index in [1.165, 1.54) is 17.3 Å². The number of thiocarbonyl (C=S) groups is 3. The molecular weight excluding hydrogens is 590 g/mol. The van der Waals surface area contributed by atoms with Gasteiger partial charge in [0.05, 0.1) is 4.20 Å². The zero-order valence-corrected chi connectivity index (χ0v) is 31.3. The quantitative estimate of drug-likeness (QED) is 0.227. The first-order valence-corrected chi connectivity index (χ1v) is 16.7. The summed E-state index contributed by atoms with van der Waals surface area (Å²) in [5, 5.41) is 6.99. The van der Waals surface area contributed by atoms with Crippen LogP contribution in [0.2, 0.25) is 0 Å². The predicted molar refractivity (Wildman–Crippen MR) is 208 cm³/mol. The van der Waals surface area contributed by atoms with E-state index in [1.54, 1.807) is 0 Å². The molecule has 2 heterocycles. The number of amidine groups is 1. The lowest BCUT2D eigenvalue weighted by Gasteiger charge is -2.28. The summed E-state index contributed by atoms with van der Waals surface area (Å²) in [7, 11) is 0. The molecule has 0 aromatic heterocycles. The van der Waals surface area contributed by atoms with Crippen molar-refractivity contribution in [1.82, 2.24) is 10.6 Å². The third-order valence-corrected chi connectivity index (χ3v) is 7.39. The molecule has 232 valence electrons. The molecule has 10 heteroatoms. The molecule has 1 fully saturated rings. The molecule has 2 unspecified atom stereocenters. The van der Waals surface area contributed by atoms with Crippen LogP contribution in [0.3, 0.4) is 0 Å². The minimum atomic E-state index is -0.404. The highest BCUT2D eigenvalue weighted by molar-refractivity contribution is 8.38. The van der Waals surface area contributed by atoms with Gasteiger partial charge < -0.3 is 16.4 Å². The Kier molecular flexibility index (Phi) is 34.9. The summed E-state index contributed by atoms with van der Waals surface area (Å²) in [4.78, 5) is 4.10. The highest BCUT2D eigenvalue weighted by Crippen LogP contribution is 2.38. The van der Waals surface area contributed by atoms with Gasteiger partial charge in [-0.2, -0.15) is 0 Å². The number of benzene rings is 2. The fourth-order valence-corrected chi connectivity index (χ4v) is 5.97. The Balaban J connectivity index is -0.000000162. The van der Waals surface area contributed by atoms with Crippen LogP contribution in [0.25, 0.3) is 0 Å². The van der Waals surface area contributed by atoms with Crippen molar-refractivity contribution in [1.29, 1.82) is 0 Å². The monoisotopic (exact) mass is 644 g/mol. The summed E-state index contributed by atoms with van der Waals surface area (Å²) in [6.45, 7) is 24.2. The number of hydrogen-bond acceptors (Lipinski definition) is 5. The van der Waals surface area contributed by atoms with Gasteiger partial charge in [-0.15, -0.1) is 0 Å². The number of thioether (sulfide) groups is 1. The zero-order valence-electron chi connectivity index (χ0n) is 28.0. The molecule has 0 aliphatic carbocycles. The maximum absolute atomic E-state index is 5.95. The Morgan fingerprint density at radius 1 is 0.643 bits per heavy atom. The van der Waals surface area contributed by atoms with Gasteiger partial charge in [-0.25, -0.2) is 4.99 Å². The second kappa shape index (κ2) is 29.3. The first-order chi connectivity index (χ1) is 19.4. The molecule has 4 rings (SSSR count). The van der Waals surface area contributed by atoms with Gasteiger partial charge >= 0.3 is 0 Å². The smallest absolute Gasteiger partial charge is 0.195 e. The average Bonchev–Trinajstić information content (AvgIpc) is 3.52. The van der Waals surface area contributed by atoms with Gasteiger partial charge in [0.2, 0.25) is 0 Å². The van der Waals surface area contributed by atoms with Gasteiger partial charge in [0.15, 0.2) is 5.11 Å². The van der Waals surface area contributed by atoms with Crippen molar-refractivity contribution >= 4 is 84.7 Å². The van der Waals surface area contributed by atoms with Crippen molar-refractivity contribution in [2.75, 3.05) is 0 Å². The van der Waals surface area contributed by atoms with Crippen LogP contribution in [-0.4, -0.2) is 36.3 Å². The molecular formula is C32H54B2N4S4. The Morgan fingerprint density at radius 2 is 1.00 bits per heavy atom. The molecule has 4 nitrogen and oxygen atoms in total. The fraction of sp³-hybridized carbons (Fsp3) is 0.500. The standard InChI is InChI=1S/C11H13N3S.C11H11NS3.5C2H6.2B/c1-2-11(8-6-4-3-5-7-8)9(12)13-10(15)14-11;1-2-11(8-6-4-3-5-7-8)9(13)15-10(14)12-11;5*1-2;;/h3-7H,2H2,1H3,(H3,12,13,14,15);3-7H,2H2,1H3,(H,12,14);5*1-2H3;;. The SMILES string of the molecule is CC.CC.CC.CC.CC.CCC1(c2ccccc2)NC(=S)N=C1N.CCC1(c2ccccc2)NC(=S)SC1=S.[B].[B]. The first-order valence-electron chi connectivity index (χ1n) is 14.7. The molecule has 1 saturated heterocycles. The highest BCUT2D eigenvalue weighted by Gasteiger charge is 2.42. The van der Waals surface area contributed by atoms with Crippen LogP contribution >= 0.6 is 48.4 Å². The van der Waals surface area contributed by atoms with Gasteiger partial charge in [-0.3, -0.25) is 0 Å². The Morgan fingerprint density at radius 3 is 1.26 bits per heavy atom. The van der Waals surface area contributed by atoms with Gasteiger partial charge in [-0.1, -0.05) is 180 Å². The molecule has 4 N–H and O–H groups in total. The molecule has 42 heavy (non-hydrogen) atoms. The van der Waals surface area contributed by atoms with E-state index in [2.05, 4.69) is 41.6 Å². The van der Waals surface area contributed by atoms with E-state index < -0.39 is 5.54 Å². The van der Waals surface area contributed by atoms with Crippen LogP contribution in [-0.2, 0) is 11.1 Å². The topological polar surface area (TPSA) is 62.4 Å². The Bertz CT molecular complexity index is 951. The minimum Gasteiger partial charge on any atom is -0.385 e. The largest absolute Gasteiger partial charge is 0.385 e. The average molecular weight is 645 g/mol. The predicted octanol–water partition coefficient (Wildman–Crippen LogP) is 9.15. The first kappa shape index (κ1) is 49.9. The maximum Gasteiger partial charge on any atom is 0.195 e. The summed E-state index contributed by atoms with van der Waals surface area (Å²) in [6.07, 6.45) is 1.75. The van der Waals surface area contributed by atoms with Crippen molar-refractivity contribution in [2.45, 2.75) is 107 Å². The van der Waals surface area contributed by atoms with Gasteiger partial charge in [-0.05, 0) is 36.2 Å². The van der Waals surface area contributed by atoms with Gasteiger partial charge in [0, 0.05) is 16.8 Å². The molecule has 2 aliphatic rings. The Hall–Kier alpha value is -1.74. The fourth-order valence-electron chi connectivity index (χ4n) is 3.67. The molecule has 0 spiro atoms. The molecule has 0 bridgehead atoms. The summed E-state index contributed by atoms with van der Waals surface area (Å²) in [5.41, 5.74) is 7.61. The number of hydrogen-bond donors (Lipinski definition) is 3. The molecule has 6 radical (unpaired) electrons. The minimum absolute atomic E-state index is 0.